The van der Waals surface area contributed by atoms with E-state index in [0.717, 1.165) is 0 Å². The maximum atomic E-state index is 2.41. The monoisotopic (exact) mass is 482 g/mol. The predicted molar refractivity (Wildman–Crippen MR) is 164 cm³/mol. The van der Waals surface area contributed by atoms with E-state index >= 15 is 0 Å². The van der Waals surface area contributed by atoms with Crippen molar-refractivity contribution >= 4 is 28.8 Å². The Hall–Kier alpha value is -2.90. The van der Waals surface area contributed by atoms with Crippen LogP contribution in [0.15, 0.2) is 97.1 Å². The van der Waals surface area contributed by atoms with E-state index < -0.39 is 8.07 Å². The molecule has 1 heterocycles. The first-order valence-electron chi connectivity index (χ1n) is 13.5. The molecule has 1 aliphatic rings. The zero-order chi connectivity index (χ0) is 26.4. The van der Waals surface area contributed by atoms with E-state index in [1.54, 1.807) is 0 Å². The fourth-order valence-electron chi connectivity index (χ4n) is 4.78. The average Bonchev–Trinajstić information content (AvgIpc) is 3.25. The SMILES string of the molecule is CC.CC.CC.CC.Cc1cccc([Si]2(c3cccc(C)c3)c3ccccc3-c3ccccc32)c1. The summed E-state index contributed by atoms with van der Waals surface area (Å²) < 4.78 is 0. The highest BCUT2D eigenvalue weighted by molar-refractivity contribution is 7.22. The van der Waals surface area contributed by atoms with E-state index in [1.165, 1.54) is 43.0 Å². The number of rotatable bonds is 2. The van der Waals surface area contributed by atoms with Gasteiger partial charge in [0.2, 0.25) is 0 Å². The summed E-state index contributed by atoms with van der Waals surface area (Å²) in [5.41, 5.74) is 5.47. The van der Waals surface area contributed by atoms with Crippen molar-refractivity contribution in [1.29, 1.82) is 0 Å². The largest absolute Gasteiger partial charge is 0.180 e. The second-order valence-electron chi connectivity index (χ2n) is 7.58. The average molecular weight is 483 g/mol. The molecule has 0 bridgehead atoms. The molecule has 0 aliphatic carbocycles. The highest BCUT2D eigenvalue weighted by atomic mass is 28.3. The van der Waals surface area contributed by atoms with Crippen LogP contribution >= 0.6 is 0 Å². The van der Waals surface area contributed by atoms with E-state index in [-0.39, 0.29) is 0 Å². The smallest absolute Gasteiger partial charge is 0.0683 e. The Bertz CT molecular complexity index is 1060. The third-order valence-corrected chi connectivity index (χ3v) is 10.7. The van der Waals surface area contributed by atoms with Crippen molar-refractivity contribution in [3.8, 4) is 11.1 Å². The molecule has 5 rings (SSSR count). The lowest BCUT2D eigenvalue weighted by Crippen LogP contribution is -2.72. The predicted octanol–water partition coefficient (Wildman–Crippen LogP) is 7.77. The lowest BCUT2D eigenvalue weighted by atomic mass is 10.1. The molecule has 0 radical (unpaired) electrons. The van der Waals surface area contributed by atoms with Crippen LogP contribution in [0.5, 0.6) is 0 Å². The number of hydrogen-bond donors (Lipinski definition) is 0. The van der Waals surface area contributed by atoms with E-state index in [4.69, 9.17) is 0 Å². The molecule has 0 aromatic heterocycles. The van der Waals surface area contributed by atoms with Crippen LogP contribution in [-0.2, 0) is 0 Å². The maximum Gasteiger partial charge on any atom is 0.180 e. The van der Waals surface area contributed by atoms with E-state index in [9.17, 15) is 0 Å². The molecule has 0 unspecified atom stereocenters. The molecule has 4 aromatic carbocycles. The first kappa shape index (κ1) is 30.1. The number of hydrogen-bond acceptors (Lipinski definition) is 0. The van der Waals surface area contributed by atoms with Gasteiger partial charge in [-0.3, -0.25) is 0 Å². The molecule has 0 amide bonds. The topological polar surface area (TPSA) is 0 Å². The standard InChI is InChI=1S/C26H22Si.4C2H6/c1-19-9-7-11-21(17-19)27(22-12-8-10-20(2)18-22)25-15-5-3-13-23(25)24-14-4-6-16-26(24)27;4*1-2/h3-18H,1-2H3;4*1-2H3. The normalized spacial score (nSPS) is 11.4. The van der Waals surface area contributed by atoms with Crippen LogP contribution in [0.2, 0.25) is 0 Å². The third-order valence-electron chi connectivity index (χ3n) is 5.85. The Morgan fingerprint density at radius 1 is 0.400 bits per heavy atom. The van der Waals surface area contributed by atoms with Crippen molar-refractivity contribution in [1.82, 2.24) is 0 Å². The Morgan fingerprint density at radius 2 is 0.743 bits per heavy atom. The highest BCUT2D eigenvalue weighted by Gasteiger charge is 2.48. The molecule has 1 aliphatic heterocycles. The van der Waals surface area contributed by atoms with Crippen molar-refractivity contribution in [2.45, 2.75) is 69.2 Å². The van der Waals surface area contributed by atoms with Crippen LogP contribution in [0.4, 0.5) is 0 Å². The molecule has 186 valence electrons. The van der Waals surface area contributed by atoms with Crippen molar-refractivity contribution in [3.63, 3.8) is 0 Å². The van der Waals surface area contributed by atoms with Gasteiger partial charge in [0.05, 0.1) is 0 Å². The zero-order valence-corrected chi connectivity index (χ0v) is 24.7. The van der Waals surface area contributed by atoms with Gasteiger partial charge in [0.15, 0.2) is 8.07 Å². The first-order chi connectivity index (χ1) is 17.2. The van der Waals surface area contributed by atoms with Crippen LogP contribution in [-0.4, -0.2) is 8.07 Å². The lowest BCUT2D eigenvalue weighted by molar-refractivity contribution is 1.48. The molecule has 0 fully saturated rings. The third kappa shape index (κ3) is 5.85. The molecule has 0 nitrogen and oxygen atoms in total. The second kappa shape index (κ2) is 15.2. The summed E-state index contributed by atoms with van der Waals surface area (Å²) in [6.07, 6.45) is 0. The van der Waals surface area contributed by atoms with Crippen molar-refractivity contribution in [2.24, 2.45) is 0 Å². The quantitative estimate of drug-likeness (QED) is 0.225. The summed E-state index contributed by atoms with van der Waals surface area (Å²) in [5.74, 6) is 0. The minimum atomic E-state index is -2.29. The molecule has 0 saturated carbocycles. The Kier molecular flexibility index (Phi) is 13.1. The Balaban J connectivity index is 0.000000699. The summed E-state index contributed by atoms with van der Waals surface area (Å²) in [5, 5.41) is 5.99. The van der Waals surface area contributed by atoms with Crippen LogP contribution in [0.1, 0.15) is 66.5 Å². The van der Waals surface area contributed by atoms with Gasteiger partial charge in [-0.1, -0.05) is 164 Å². The van der Waals surface area contributed by atoms with Gasteiger partial charge in [-0.05, 0) is 45.7 Å². The fourth-order valence-corrected chi connectivity index (χ4v) is 10.2. The van der Waals surface area contributed by atoms with Gasteiger partial charge in [-0.15, -0.1) is 0 Å². The number of fused-ring (bicyclic) bond motifs is 3. The van der Waals surface area contributed by atoms with Crippen molar-refractivity contribution in [2.75, 3.05) is 0 Å². The summed E-state index contributed by atoms with van der Waals surface area (Å²) in [4.78, 5) is 0. The molecule has 0 spiro atoms. The molecular weight excluding hydrogens is 436 g/mol. The maximum absolute atomic E-state index is 2.41. The number of aryl methyl sites for hydroxylation is 2. The van der Waals surface area contributed by atoms with Crippen molar-refractivity contribution in [3.05, 3.63) is 108 Å². The van der Waals surface area contributed by atoms with Gasteiger partial charge in [0, 0.05) is 0 Å². The number of benzene rings is 4. The fraction of sp³-hybridized carbons (Fsp3) is 0.294. The van der Waals surface area contributed by atoms with Crippen LogP contribution in [0.25, 0.3) is 11.1 Å². The van der Waals surface area contributed by atoms with Gasteiger partial charge >= 0.3 is 0 Å². The van der Waals surface area contributed by atoms with Crippen molar-refractivity contribution < 1.29 is 0 Å². The van der Waals surface area contributed by atoms with E-state index in [0.29, 0.717) is 0 Å². The van der Waals surface area contributed by atoms with Gasteiger partial charge < -0.3 is 0 Å². The second-order valence-corrected chi connectivity index (χ2v) is 11.3. The van der Waals surface area contributed by atoms with Gasteiger partial charge in [0.25, 0.3) is 0 Å². The van der Waals surface area contributed by atoms with E-state index in [2.05, 4.69) is 111 Å². The molecule has 4 aromatic rings. The summed E-state index contributed by atoms with van der Waals surface area (Å²) in [6, 6.07) is 36.5. The Labute approximate surface area is 217 Å². The van der Waals surface area contributed by atoms with Gasteiger partial charge in [0.1, 0.15) is 0 Å². The molecule has 0 N–H and O–H groups in total. The summed E-state index contributed by atoms with van der Waals surface area (Å²) in [7, 11) is -2.29. The highest BCUT2D eigenvalue weighted by Crippen LogP contribution is 2.28. The van der Waals surface area contributed by atoms with Gasteiger partial charge in [-0.2, -0.15) is 0 Å². The molecule has 35 heavy (non-hydrogen) atoms. The van der Waals surface area contributed by atoms with Crippen LogP contribution in [0.3, 0.4) is 0 Å². The molecular formula is C34H46Si. The Morgan fingerprint density at radius 3 is 1.09 bits per heavy atom. The molecule has 0 saturated heterocycles. The summed E-state index contributed by atoms with van der Waals surface area (Å²) in [6.45, 7) is 20.4. The van der Waals surface area contributed by atoms with E-state index in [1.807, 2.05) is 55.4 Å². The van der Waals surface area contributed by atoms with Crippen LogP contribution < -0.4 is 20.7 Å². The molecule has 0 atom stereocenters. The minimum absolute atomic E-state index is 1.33. The minimum Gasteiger partial charge on any atom is -0.0683 e. The first-order valence-corrected chi connectivity index (χ1v) is 15.5. The van der Waals surface area contributed by atoms with Crippen LogP contribution in [0, 0.1) is 13.8 Å². The zero-order valence-electron chi connectivity index (χ0n) is 23.7. The summed E-state index contributed by atoms with van der Waals surface area (Å²) >= 11 is 0. The van der Waals surface area contributed by atoms with Gasteiger partial charge in [-0.25, -0.2) is 0 Å². The molecule has 1 heteroatoms. The lowest BCUT2D eigenvalue weighted by Gasteiger charge is -2.31.